The molecule has 0 saturated carbocycles. The third kappa shape index (κ3) is 8.91. The summed E-state index contributed by atoms with van der Waals surface area (Å²) in [6, 6.07) is 5.08. The highest BCUT2D eigenvalue weighted by molar-refractivity contribution is 7.99. The zero-order valence-corrected chi connectivity index (χ0v) is 13.3. The Balaban J connectivity index is 2.48. The lowest BCUT2D eigenvalue weighted by molar-refractivity contribution is -0.118. The Hall–Kier alpha value is -1.97. The van der Waals surface area contributed by atoms with Crippen LogP contribution in [-0.4, -0.2) is 42.4 Å². The number of nitrogens with two attached hydrogens (primary N) is 1. The summed E-state index contributed by atoms with van der Waals surface area (Å²) in [6.45, 7) is -1.34. The van der Waals surface area contributed by atoms with Gasteiger partial charge in [0, 0.05) is 6.42 Å². The van der Waals surface area contributed by atoms with E-state index in [0.717, 1.165) is 12.2 Å². The number of nitrogens with one attached hydrogen (secondary N) is 2. The highest BCUT2D eigenvalue weighted by Gasteiger charge is 2.26. The van der Waals surface area contributed by atoms with Crippen LogP contribution in [0.1, 0.15) is 12.8 Å². The summed E-state index contributed by atoms with van der Waals surface area (Å²) in [4.78, 5) is 7.42. The van der Waals surface area contributed by atoms with Gasteiger partial charge in [-0.3, -0.25) is 5.41 Å². The number of guanidine groups is 1. The first kappa shape index (κ1) is 19.1. The Labute approximate surface area is 136 Å². The standard InChI is InChI=1S/C13H18F3N5OS/c1-22-9(17)4-3-7-23-11-6-2-5-10(20-11)21-12(18)19-8-13(14,15)16/h2,5-6,17H,3-4,7-8H2,1H3,(H3,18,19,20,21). The maximum atomic E-state index is 12.0. The van der Waals surface area contributed by atoms with Gasteiger partial charge in [0.25, 0.3) is 0 Å². The van der Waals surface area contributed by atoms with Crippen molar-refractivity contribution in [3.63, 3.8) is 0 Å². The summed E-state index contributed by atoms with van der Waals surface area (Å²) >= 11 is 1.47. The van der Waals surface area contributed by atoms with Crippen molar-refractivity contribution < 1.29 is 17.9 Å². The molecular weight excluding hydrogens is 331 g/mol. The molecule has 0 aliphatic heterocycles. The Morgan fingerprint density at radius 2 is 2.22 bits per heavy atom. The molecule has 0 radical (unpaired) electrons. The molecule has 0 bridgehead atoms. The van der Waals surface area contributed by atoms with Gasteiger partial charge in [-0.15, -0.1) is 11.8 Å². The number of aliphatic imine (C=N–C) groups is 1. The van der Waals surface area contributed by atoms with Gasteiger partial charge in [-0.25, -0.2) is 9.98 Å². The third-order valence-corrected chi connectivity index (χ3v) is 3.47. The van der Waals surface area contributed by atoms with Crippen LogP contribution in [0.3, 0.4) is 0 Å². The Morgan fingerprint density at radius 1 is 1.48 bits per heavy atom. The molecule has 0 aliphatic rings. The molecule has 0 atom stereocenters. The largest absolute Gasteiger partial charge is 0.484 e. The van der Waals surface area contributed by atoms with Crippen LogP contribution in [0, 0.1) is 5.41 Å². The summed E-state index contributed by atoms with van der Waals surface area (Å²) in [5, 5.41) is 10.6. The lowest BCUT2D eigenvalue weighted by Gasteiger charge is -2.08. The van der Waals surface area contributed by atoms with Crippen molar-refractivity contribution in [3.8, 4) is 0 Å². The Kier molecular flexibility index (Phi) is 7.66. The average molecular weight is 349 g/mol. The smallest absolute Gasteiger partial charge is 0.408 e. The number of methoxy groups -OCH3 is 1. The zero-order valence-electron chi connectivity index (χ0n) is 12.5. The maximum absolute atomic E-state index is 12.0. The van der Waals surface area contributed by atoms with Gasteiger partial charge in [0.1, 0.15) is 12.4 Å². The molecule has 0 unspecified atom stereocenters. The third-order valence-electron chi connectivity index (χ3n) is 2.45. The minimum atomic E-state index is -4.40. The predicted octanol–water partition coefficient (Wildman–Crippen LogP) is 2.87. The zero-order chi connectivity index (χ0) is 17.3. The number of hydrogen-bond donors (Lipinski definition) is 3. The monoisotopic (exact) mass is 349 g/mol. The molecule has 4 N–H and O–H groups in total. The number of nitrogens with zero attached hydrogens (tertiary/aromatic N) is 2. The van der Waals surface area contributed by atoms with Crippen molar-refractivity contribution in [1.82, 2.24) is 4.98 Å². The van der Waals surface area contributed by atoms with Crippen LogP contribution in [0.25, 0.3) is 0 Å². The number of rotatable bonds is 7. The molecule has 0 aromatic carbocycles. The topological polar surface area (TPSA) is 96.4 Å². The van der Waals surface area contributed by atoms with Gasteiger partial charge in [0.2, 0.25) is 0 Å². The molecule has 0 spiro atoms. The van der Waals surface area contributed by atoms with Crippen LogP contribution in [-0.2, 0) is 4.74 Å². The minimum Gasteiger partial charge on any atom is -0.484 e. The van der Waals surface area contributed by atoms with E-state index >= 15 is 0 Å². The summed E-state index contributed by atoms with van der Waals surface area (Å²) in [5.41, 5.74) is 5.39. The van der Waals surface area contributed by atoms with E-state index in [0.29, 0.717) is 17.3 Å². The number of thioether (sulfide) groups is 1. The number of pyridine rings is 1. The van der Waals surface area contributed by atoms with Crippen molar-refractivity contribution >= 4 is 29.4 Å². The van der Waals surface area contributed by atoms with E-state index in [9.17, 15) is 13.2 Å². The van der Waals surface area contributed by atoms with Crippen LogP contribution in [0.5, 0.6) is 0 Å². The minimum absolute atomic E-state index is 0.225. The van der Waals surface area contributed by atoms with E-state index in [1.54, 1.807) is 18.2 Å². The summed E-state index contributed by atoms with van der Waals surface area (Å²) < 4.78 is 40.9. The molecule has 128 valence electrons. The molecule has 0 amide bonds. The van der Waals surface area contributed by atoms with Crippen LogP contribution < -0.4 is 11.1 Å². The molecule has 10 heteroatoms. The molecule has 6 nitrogen and oxygen atoms in total. The number of hydrogen-bond acceptors (Lipinski definition) is 5. The molecule has 0 aliphatic carbocycles. The Bertz CT molecular complexity index is 551. The van der Waals surface area contributed by atoms with Crippen LogP contribution in [0.4, 0.5) is 19.0 Å². The van der Waals surface area contributed by atoms with E-state index in [4.69, 9.17) is 15.9 Å². The Morgan fingerprint density at radius 3 is 2.87 bits per heavy atom. The number of anilines is 1. The molecule has 1 rings (SSSR count). The number of alkyl halides is 3. The van der Waals surface area contributed by atoms with E-state index in [2.05, 4.69) is 15.3 Å². The van der Waals surface area contributed by atoms with E-state index in [1.807, 2.05) is 0 Å². The fourth-order valence-corrected chi connectivity index (χ4v) is 2.26. The summed E-state index contributed by atoms with van der Waals surface area (Å²) in [5.74, 6) is 0.941. The van der Waals surface area contributed by atoms with E-state index in [-0.39, 0.29) is 11.9 Å². The second-order valence-electron chi connectivity index (χ2n) is 4.38. The van der Waals surface area contributed by atoms with Gasteiger partial charge in [-0.2, -0.15) is 13.2 Å². The van der Waals surface area contributed by atoms with Gasteiger partial charge in [0.05, 0.1) is 12.1 Å². The van der Waals surface area contributed by atoms with Gasteiger partial charge >= 0.3 is 6.18 Å². The van der Waals surface area contributed by atoms with Crippen molar-refractivity contribution in [2.24, 2.45) is 10.7 Å². The molecule has 23 heavy (non-hydrogen) atoms. The number of ether oxygens (including phenoxy) is 1. The van der Waals surface area contributed by atoms with Crippen molar-refractivity contribution in [2.45, 2.75) is 24.0 Å². The molecule has 1 heterocycles. The van der Waals surface area contributed by atoms with Crippen LogP contribution in [0.2, 0.25) is 0 Å². The normalized spacial score (nSPS) is 12.1. The second-order valence-corrected chi connectivity index (χ2v) is 5.50. The fraction of sp³-hybridized carbons (Fsp3) is 0.462. The predicted molar refractivity (Wildman–Crippen MR) is 85.1 cm³/mol. The van der Waals surface area contributed by atoms with Crippen molar-refractivity contribution in [2.75, 3.05) is 24.7 Å². The molecule has 1 aromatic rings. The lowest BCUT2D eigenvalue weighted by atomic mass is 10.3. The first-order chi connectivity index (χ1) is 10.8. The average Bonchev–Trinajstić information content (AvgIpc) is 2.49. The first-order valence-electron chi connectivity index (χ1n) is 6.65. The van der Waals surface area contributed by atoms with Gasteiger partial charge in [-0.1, -0.05) is 6.07 Å². The SMILES string of the molecule is COC(=N)CCCSc1cccc(NC(N)=NCC(F)(F)F)n1. The summed E-state index contributed by atoms with van der Waals surface area (Å²) in [6.07, 6.45) is -3.10. The fourth-order valence-electron chi connectivity index (χ4n) is 1.42. The quantitative estimate of drug-likeness (QED) is 0.304. The number of aromatic nitrogens is 1. The highest BCUT2D eigenvalue weighted by atomic mass is 32.2. The first-order valence-corrected chi connectivity index (χ1v) is 7.63. The molecule has 0 saturated heterocycles. The van der Waals surface area contributed by atoms with Crippen molar-refractivity contribution in [1.29, 1.82) is 5.41 Å². The second kappa shape index (κ2) is 9.23. The van der Waals surface area contributed by atoms with Crippen molar-refractivity contribution in [3.05, 3.63) is 18.2 Å². The van der Waals surface area contributed by atoms with Gasteiger partial charge < -0.3 is 15.8 Å². The van der Waals surface area contributed by atoms with Crippen LogP contribution in [0.15, 0.2) is 28.2 Å². The molecule has 1 aromatic heterocycles. The molecular formula is C13H18F3N5OS. The van der Waals surface area contributed by atoms with Gasteiger partial charge in [0.15, 0.2) is 11.9 Å². The maximum Gasteiger partial charge on any atom is 0.408 e. The number of halogens is 3. The van der Waals surface area contributed by atoms with Crippen LogP contribution >= 0.6 is 11.8 Å². The summed E-state index contributed by atoms with van der Waals surface area (Å²) in [7, 11) is 1.46. The van der Waals surface area contributed by atoms with E-state index in [1.165, 1.54) is 18.9 Å². The lowest BCUT2D eigenvalue weighted by Crippen LogP contribution is -2.26. The highest BCUT2D eigenvalue weighted by Crippen LogP contribution is 2.19. The van der Waals surface area contributed by atoms with E-state index < -0.39 is 12.7 Å². The van der Waals surface area contributed by atoms with Gasteiger partial charge in [-0.05, 0) is 24.3 Å². The molecule has 0 fully saturated rings.